The number of nitrogens with one attached hydrogen (secondary N) is 2. The lowest BCUT2D eigenvalue weighted by molar-refractivity contribution is -0.116. The Hall–Kier alpha value is -2.93. The van der Waals surface area contributed by atoms with Crippen molar-refractivity contribution in [2.75, 3.05) is 5.43 Å². The van der Waals surface area contributed by atoms with Crippen LogP contribution in [0, 0.1) is 0 Å². The second kappa shape index (κ2) is 7.36. The third kappa shape index (κ3) is 3.50. The number of aryl methyl sites for hydroxylation is 2. The highest BCUT2D eigenvalue weighted by atomic mass is 32.1. The molecule has 3 aromatic rings. The first-order chi connectivity index (χ1) is 13.1. The smallest absolute Gasteiger partial charge is 0.263 e. The number of aromatic nitrogens is 2. The van der Waals surface area contributed by atoms with Crippen molar-refractivity contribution in [2.24, 2.45) is 7.05 Å². The van der Waals surface area contributed by atoms with Crippen LogP contribution >= 0.6 is 11.3 Å². The van der Waals surface area contributed by atoms with Crippen LogP contribution in [0.5, 0.6) is 0 Å². The van der Waals surface area contributed by atoms with E-state index in [0.29, 0.717) is 5.95 Å². The molecule has 0 atom stereocenters. The average Bonchev–Trinajstić information content (AvgIpc) is 3.07. The molecular weight excluding hydrogens is 360 g/mol. The van der Waals surface area contributed by atoms with Gasteiger partial charge < -0.3 is 0 Å². The molecule has 1 aliphatic carbocycles. The van der Waals surface area contributed by atoms with Gasteiger partial charge in [-0.05, 0) is 42.9 Å². The molecule has 27 heavy (non-hydrogen) atoms. The van der Waals surface area contributed by atoms with Gasteiger partial charge in [-0.15, -0.1) is 11.3 Å². The minimum absolute atomic E-state index is 0.0732. The van der Waals surface area contributed by atoms with Crippen LogP contribution in [0.4, 0.5) is 5.95 Å². The van der Waals surface area contributed by atoms with E-state index in [1.165, 1.54) is 15.5 Å². The van der Waals surface area contributed by atoms with Gasteiger partial charge in [-0.3, -0.25) is 25.0 Å². The molecular formula is C20H20N4O2S. The van der Waals surface area contributed by atoms with E-state index in [1.54, 1.807) is 24.5 Å². The summed E-state index contributed by atoms with van der Waals surface area (Å²) in [5.41, 5.74) is 7.36. The van der Waals surface area contributed by atoms with Gasteiger partial charge in [0.15, 0.2) is 0 Å². The minimum atomic E-state index is -0.321. The van der Waals surface area contributed by atoms with Gasteiger partial charge in [0.2, 0.25) is 5.95 Å². The van der Waals surface area contributed by atoms with Gasteiger partial charge in [-0.2, -0.15) is 0 Å². The standard InChI is InChI=1S/C20H20N4O2S/c1-24-19(26)17-14-9-5-6-10-15(14)27-18(17)21-20(24)23-22-16(25)12-11-13-7-3-2-4-8-13/h2-4,7-8,11-12H,5-6,9-10H2,1H3,(H,21,23)(H,22,25). The highest BCUT2D eigenvalue weighted by Gasteiger charge is 2.21. The minimum Gasteiger partial charge on any atom is -0.280 e. The summed E-state index contributed by atoms with van der Waals surface area (Å²) in [5.74, 6) is 0.00577. The predicted octanol–water partition coefficient (Wildman–Crippen LogP) is 3.03. The van der Waals surface area contributed by atoms with Crippen molar-refractivity contribution in [3.05, 3.63) is 62.8 Å². The molecule has 1 aromatic carbocycles. The summed E-state index contributed by atoms with van der Waals surface area (Å²) in [5, 5.41) is 0.734. The fourth-order valence-corrected chi connectivity index (χ4v) is 4.54. The third-order valence-corrected chi connectivity index (χ3v) is 5.91. The molecule has 0 saturated heterocycles. The molecule has 1 aliphatic rings. The van der Waals surface area contributed by atoms with Gasteiger partial charge in [-0.25, -0.2) is 4.98 Å². The summed E-state index contributed by atoms with van der Waals surface area (Å²) < 4.78 is 1.45. The number of benzene rings is 1. The molecule has 0 bridgehead atoms. The van der Waals surface area contributed by atoms with E-state index in [2.05, 4.69) is 15.8 Å². The zero-order valence-corrected chi connectivity index (χ0v) is 15.8. The number of rotatable bonds is 4. The Balaban J connectivity index is 1.54. The third-order valence-electron chi connectivity index (χ3n) is 4.72. The number of carbonyl (C=O) groups excluding carboxylic acids is 1. The summed E-state index contributed by atoms with van der Waals surface area (Å²) in [4.78, 5) is 31.4. The van der Waals surface area contributed by atoms with Crippen molar-refractivity contribution in [2.45, 2.75) is 25.7 Å². The quantitative estimate of drug-likeness (QED) is 0.539. The number of thiophene rings is 1. The molecule has 138 valence electrons. The number of carbonyl (C=O) groups is 1. The van der Waals surface area contributed by atoms with Crippen LogP contribution in [0.2, 0.25) is 0 Å². The summed E-state index contributed by atoms with van der Waals surface area (Å²) in [6, 6.07) is 9.56. The fourth-order valence-electron chi connectivity index (χ4n) is 3.29. The van der Waals surface area contributed by atoms with Crippen molar-refractivity contribution in [1.82, 2.24) is 15.0 Å². The molecule has 4 rings (SSSR count). The Kier molecular flexibility index (Phi) is 4.77. The van der Waals surface area contributed by atoms with E-state index in [-0.39, 0.29) is 11.5 Å². The number of nitrogens with zero attached hydrogens (tertiary/aromatic N) is 2. The van der Waals surface area contributed by atoms with Crippen molar-refractivity contribution >= 4 is 39.5 Å². The summed E-state index contributed by atoms with van der Waals surface area (Å²) in [6.07, 6.45) is 7.40. The molecule has 2 heterocycles. The Morgan fingerprint density at radius 3 is 2.81 bits per heavy atom. The predicted molar refractivity (Wildman–Crippen MR) is 109 cm³/mol. The maximum absolute atomic E-state index is 12.8. The van der Waals surface area contributed by atoms with E-state index in [4.69, 9.17) is 0 Å². The number of hydrogen-bond donors (Lipinski definition) is 2. The Morgan fingerprint density at radius 1 is 1.22 bits per heavy atom. The summed E-state index contributed by atoms with van der Waals surface area (Å²) >= 11 is 1.59. The van der Waals surface area contributed by atoms with E-state index in [0.717, 1.165) is 47.0 Å². The average molecular weight is 380 g/mol. The first-order valence-electron chi connectivity index (χ1n) is 8.94. The van der Waals surface area contributed by atoms with Crippen LogP contribution in [0.15, 0.2) is 41.2 Å². The molecule has 2 N–H and O–H groups in total. The van der Waals surface area contributed by atoms with Crippen molar-refractivity contribution in [3.63, 3.8) is 0 Å². The molecule has 0 spiro atoms. The Labute approximate surface area is 160 Å². The van der Waals surface area contributed by atoms with Gasteiger partial charge in [0.05, 0.1) is 5.39 Å². The number of anilines is 1. The summed E-state index contributed by atoms with van der Waals surface area (Å²) in [7, 11) is 1.66. The second-order valence-corrected chi connectivity index (χ2v) is 7.63. The first kappa shape index (κ1) is 17.5. The first-order valence-corrected chi connectivity index (χ1v) is 9.75. The normalized spacial score (nSPS) is 13.7. The van der Waals surface area contributed by atoms with Crippen LogP contribution in [0.3, 0.4) is 0 Å². The largest absolute Gasteiger partial charge is 0.280 e. The van der Waals surface area contributed by atoms with Gasteiger partial charge in [0.1, 0.15) is 4.83 Å². The molecule has 1 amide bonds. The Morgan fingerprint density at radius 2 is 2.00 bits per heavy atom. The van der Waals surface area contributed by atoms with E-state index < -0.39 is 0 Å². The van der Waals surface area contributed by atoms with Crippen LogP contribution < -0.4 is 16.4 Å². The second-order valence-electron chi connectivity index (χ2n) is 6.55. The molecule has 0 unspecified atom stereocenters. The molecule has 0 radical (unpaired) electrons. The van der Waals surface area contributed by atoms with Crippen molar-refractivity contribution in [1.29, 1.82) is 0 Å². The molecule has 2 aromatic heterocycles. The van der Waals surface area contributed by atoms with Gasteiger partial charge in [0, 0.05) is 18.0 Å². The maximum atomic E-state index is 12.8. The SMILES string of the molecule is Cn1c(NNC(=O)C=Cc2ccccc2)nc2sc3c(c2c1=O)CCCC3. The van der Waals surface area contributed by atoms with Crippen LogP contribution in [-0.4, -0.2) is 15.5 Å². The highest BCUT2D eigenvalue weighted by Crippen LogP contribution is 2.34. The van der Waals surface area contributed by atoms with E-state index in [9.17, 15) is 9.59 Å². The maximum Gasteiger partial charge on any atom is 0.263 e. The van der Waals surface area contributed by atoms with Gasteiger partial charge >= 0.3 is 0 Å². The molecule has 0 aliphatic heterocycles. The molecule has 0 fully saturated rings. The number of amides is 1. The topological polar surface area (TPSA) is 76.0 Å². The van der Waals surface area contributed by atoms with Crippen LogP contribution in [0.25, 0.3) is 16.3 Å². The van der Waals surface area contributed by atoms with Crippen LogP contribution in [-0.2, 0) is 24.7 Å². The van der Waals surface area contributed by atoms with E-state index in [1.807, 2.05) is 30.3 Å². The lowest BCUT2D eigenvalue weighted by Crippen LogP contribution is -2.32. The number of fused-ring (bicyclic) bond motifs is 3. The van der Waals surface area contributed by atoms with Gasteiger partial charge in [-0.1, -0.05) is 30.3 Å². The Bertz CT molecular complexity index is 1080. The zero-order valence-electron chi connectivity index (χ0n) is 15.0. The van der Waals surface area contributed by atoms with Crippen molar-refractivity contribution in [3.8, 4) is 0 Å². The van der Waals surface area contributed by atoms with Crippen molar-refractivity contribution < 1.29 is 4.79 Å². The highest BCUT2D eigenvalue weighted by molar-refractivity contribution is 7.18. The van der Waals surface area contributed by atoms with Gasteiger partial charge in [0.25, 0.3) is 11.5 Å². The van der Waals surface area contributed by atoms with E-state index >= 15 is 0 Å². The lowest BCUT2D eigenvalue weighted by Gasteiger charge is -2.12. The number of hydrogen-bond acceptors (Lipinski definition) is 5. The monoisotopic (exact) mass is 380 g/mol. The zero-order chi connectivity index (χ0) is 18.8. The van der Waals surface area contributed by atoms with Crippen LogP contribution in [0.1, 0.15) is 28.8 Å². The fraction of sp³-hybridized carbons (Fsp3) is 0.250. The molecule has 6 nitrogen and oxygen atoms in total. The number of hydrazine groups is 1. The lowest BCUT2D eigenvalue weighted by atomic mass is 9.97. The summed E-state index contributed by atoms with van der Waals surface area (Å²) in [6.45, 7) is 0. The molecule has 7 heteroatoms. The molecule has 0 saturated carbocycles.